The zero-order valence-electron chi connectivity index (χ0n) is 11.4. The second kappa shape index (κ2) is 5.60. The Morgan fingerprint density at radius 1 is 1.06 bits per heavy atom. The van der Waals surface area contributed by atoms with Crippen LogP contribution >= 0.6 is 0 Å². The number of hydrogen-bond donors (Lipinski definition) is 1. The van der Waals surface area contributed by atoms with Gasteiger partial charge in [0.25, 0.3) is 0 Å². The van der Waals surface area contributed by atoms with E-state index in [0.717, 1.165) is 32.0 Å². The van der Waals surface area contributed by atoms with E-state index < -0.39 is 0 Å². The van der Waals surface area contributed by atoms with E-state index in [2.05, 4.69) is 10.2 Å². The van der Waals surface area contributed by atoms with Gasteiger partial charge >= 0.3 is 0 Å². The van der Waals surface area contributed by atoms with Crippen LogP contribution in [0.15, 0.2) is 0 Å². The normalized spacial score (nSPS) is 33.4. The molecule has 1 aliphatic carbocycles. The molecule has 0 aromatic rings. The number of hydrogen-bond acceptors (Lipinski definition) is 2. The molecule has 2 atom stereocenters. The molecule has 0 aromatic carbocycles. The van der Waals surface area contributed by atoms with E-state index >= 15 is 0 Å². The van der Waals surface area contributed by atoms with Gasteiger partial charge in [0.15, 0.2) is 0 Å². The van der Waals surface area contributed by atoms with E-state index in [0.29, 0.717) is 17.9 Å². The van der Waals surface area contributed by atoms with Crippen LogP contribution in [-0.2, 0) is 4.79 Å². The Labute approximate surface area is 110 Å². The van der Waals surface area contributed by atoms with Crippen LogP contribution in [0, 0.1) is 11.8 Å². The van der Waals surface area contributed by atoms with Gasteiger partial charge in [0.1, 0.15) is 0 Å². The molecular formula is C15H26N2O. The van der Waals surface area contributed by atoms with Gasteiger partial charge in [-0.1, -0.05) is 19.3 Å². The molecule has 0 aromatic heterocycles. The van der Waals surface area contributed by atoms with E-state index in [4.69, 9.17) is 0 Å². The van der Waals surface area contributed by atoms with Gasteiger partial charge in [-0.15, -0.1) is 0 Å². The summed E-state index contributed by atoms with van der Waals surface area (Å²) in [4.78, 5) is 14.7. The monoisotopic (exact) mass is 250 g/mol. The SMILES string of the molecule is O=C(CC1CCCCC1)N1CCCC2CNCC21. The Kier molecular flexibility index (Phi) is 3.88. The van der Waals surface area contributed by atoms with Crippen LogP contribution in [0.5, 0.6) is 0 Å². The molecule has 18 heavy (non-hydrogen) atoms. The van der Waals surface area contributed by atoms with E-state index in [-0.39, 0.29) is 0 Å². The highest BCUT2D eigenvalue weighted by atomic mass is 16.2. The third kappa shape index (κ3) is 2.56. The first-order valence-corrected chi connectivity index (χ1v) is 7.85. The van der Waals surface area contributed by atoms with Crippen LogP contribution in [0.25, 0.3) is 0 Å². The fourth-order valence-corrected chi connectivity index (χ4v) is 4.13. The Bertz CT molecular complexity index is 299. The van der Waals surface area contributed by atoms with Crippen molar-refractivity contribution < 1.29 is 4.79 Å². The molecular weight excluding hydrogens is 224 g/mol. The molecule has 0 spiro atoms. The van der Waals surface area contributed by atoms with Crippen molar-refractivity contribution in [2.24, 2.45) is 11.8 Å². The topological polar surface area (TPSA) is 32.3 Å². The van der Waals surface area contributed by atoms with Crippen LogP contribution < -0.4 is 5.32 Å². The molecule has 2 heterocycles. The van der Waals surface area contributed by atoms with Gasteiger partial charge in [-0.2, -0.15) is 0 Å². The van der Waals surface area contributed by atoms with Crippen LogP contribution in [0.1, 0.15) is 51.4 Å². The second-order valence-electron chi connectivity index (χ2n) is 6.42. The predicted molar refractivity (Wildman–Crippen MR) is 72.3 cm³/mol. The van der Waals surface area contributed by atoms with Crippen molar-refractivity contribution in [3.05, 3.63) is 0 Å². The largest absolute Gasteiger partial charge is 0.338 e. The number of carbonyl (C=O) groups is 1. The third-order valence-electron chi connectivity index (χ3n) is 5.19. The molecule has 0 bridgehead atoms. The maximum absolute atomic E-state index is 12.5. The van der Waals surface area contributed by atoms with Gasteiger partial charge in [-0.3, -0.25) is 4.79 Å². The average Bonchev–Trinajstić information content (AvgIpc) is 2.87. The van der Waals surface area contributed by atoms with Crippen molar-refractivity contribution in [1.82, 2.24) is 10.2 Å². The van der Waals surface area contributed by atoms with Crippen LogP contribution in [-0.4, -0.2) is 36.5 Å². The number of nitrogens with zero attached hydrogens (tertiary/aromatic N) is 1. The van der Waals surface area contributed by atoms with Gasteiger partial charge in [-0.25, -0.2) is 0 Å². The van der Waals surface area contributed by atoms with Gasteiger partial charge in [-0.05, 0) is 37.5 Å². The minimum atomic E-state index is 0.445. The summed E-state index contributed by atoms with van der Waals surface area (Å²) >= 11 is 0. The lowest BCUT2D eigenvalue weighted by molar-refractivity contribution is -0.136. The van der Waals surface area contributed by atoms with Crippen molar-refractivity contribution in [3.8, 4) is 0 Å². The lowest BCUT2D eigenvalue weighted by Gasteiger charge is -2.38. The first-order chi connectivity index (χ1) is 8.84. The van der Waals surface area contributed by atoms with E-state index in [1.165, 1.54) is 44.9 Å². The third-order valence-corrected chi connectivity index (χ3v) is 5.19. The molecule has 102 valence electrons. The van der Waals surface area contributed by atoms with Crippen molar-refractivity contribution >= 4 is 5.91 Å². The number of rotatable bonds is 2. The Balaban J connectivity index is 1.57. The average molecular weight is 250 g/mol. The molecule has 1 saturated carbocycles. The highest BCUT2D eigenvalue weighted by Gasteiger charge is 2.37. The highest BCUT2D eigenvalue weighted by Crippen LogP contribution is 2.30. The zero-order chi connectivity index (χ0) is 12.4. The predicted octanol–water partition coefficient (Wildman–Crippen LogP) is 2.17. The number of amides is 1. The Morgan fingerprint density at radius 3 is 2.72 bits per heavy atom. The minimum Gasteiger partial charge on any atom is -0.338 e. The number of fused-ring (bicyclic) bond motifs is 1. The molecule has 1 amide bonds. The summed E-state index contributed by atoms with van der Waals surface area (Å²) in [6.07, 6.45) is 9.96. The summed E-state index contributed by atoms with van der Waals surface area (Å²) in [7, 11) is 0. The molecule has 2 aliphatic heterocycles. The first kappa shape index (κ1) is 12.5. The lowest BCUT2D eigenvalue weighted by Crippen LogP contribution is -2.48. The molecule has 2 saturated heterocycles. The quantitative estimate of drug-likeness (QED) is 0.814. The van der Waals surface area contributed by atoms with Crippen LogP contribution in [0.2, 0.25) is 0 Å². The lowest BCUT2D eigenvalue weighted by atomic mass is 9.85. The summed E-state index contributed by atoms with van der Waals surface area (Å²) in [6, 6.07) is 0.509. The van der Waals surface area contributed by atoms with E-state index in [9.17, 15) is 4.79 Å². The molecule has 3 nitrogen and oxygen atoms in total. The molecule has 0 radical (unpaired) electrons. The summed E-state index contributed by atoms with van der Waals surface area (Å²) in [5, 5.41) is 3.46. The number of piperidine rings is 1. The maximum atomic E-state index is 12.5. The summed E-state index contributed by atoms with van der Waals surface area (Å²) in [5.41, 5.74) is 0. The number of nitrogens with one attached hydrogen (secondary N) is 1. The molecule has 3 rings (SSSR count). The Morgan fingerprint density at radius 2 is 1.89 bits per heavy atom. The van der Waals surface area contributed by atoms with Crippen molar-refractivity contribution in [3.63, 3.8) is 0 Å². The zero-order valence-corrected chi connectivity index (χ0v) is 11.4. The summed E-state index contributed by atoms with van der Waals surface area (Å²) < 4.78 is 0. The maximum Gasteiger partial charge on any atom is 0.223 e. The van der Waals surface area contributed by atoms with E-state index in [1.54, 1.807) is 0 Å². The summed E-state index contributed by atoms with van der Waals surface area (Å²) in [6.45, 7) is 3.16. The fraction of sp³-hybridized carbons (Fsp3) is 0.933. The van der Waals surface area contributed by atoms with Crippen molar-refractivity contribution in [2.75, 3.05) is 19.6 Å². The van der Waals surface area contributed by atoms with Crippen LogP contribution in [0.3, 0.4) is 0 Å². The smallest absolute Gasteiger partial charge is 0.223 e. The number of likely N-dealkylation sites (tertiary alicyclic amines) is 1. The Hall–Kier alpha value is -0.570. The standard InChI is InChI=1S/C15H26N2O/c18-15(9-12-5-2-1-3-6-12)17-8-4-7-13-10-16-11-14(13)17/h12-14,16H,1-11H2. The highest BCUT2D eigenvalue weighted by molar-refractivity contribution is 5.77. The molecule has 2 unspecified atom stereocenters. The van der Waals surface area contributed by atoms with Gasteiger partial charge in [0, 0.05) is 32.1 Å². The number of carbonyl (C=O) groups excluding carboxylic acids is 1. The van der Waals surface area contributed by atoms with Crippen molar-refractivity contribution in [2.45, 2.75) is 57.4 Å². The molecule has 1 N–H and O–H groups in total. The molecule has 3 heteroatoms. The van der Waals surface area contributed by atoms with Crippen LogP contribution in [0.4, 0.5) is 0 Å². The fourth-order valence-electron chi connectivity index (χ4n) is 4.13. The molecule has 3 fully saturated rings. The van der Waals surface area contributed by atoms with Gasteiger partial charge < -0.3 is 10.2 Å². The molecule has 3 aliphatic rings. The summed E-state index contributed by atoms with van der Waals surface area (Å²) in [5.74, 6) is 1.86. The van der Waals surface area contributed by atoms with Crippen molar-refractivity contribution in [1.29, 1.82) is 0 Å². The minimum absolute atomic E-state index is 0.445. The van der Waals surface area contributed by atoms with Gasteiger partial charge in [0.2, 0.25) is 5.91 Å². The van der Waals surface area contributed by atoms with Gasteiger partial charge in [0.05, 0.1) is 0 Å². The second-order valence-corrected chi connectivity index (χ2v) is 6.42. The first-order valence-electron chi connectivity index (χ1n) is 7.85. The van der Waals surface area contributed by atoms with E-state index in [1.807, 2.05) is 0 Å².